The molecule has 0 saturated carbocycles. The normalized spacial score (nSPS) is 11.6. The number of carbonyl (C=O) groups is 2. The average molecular weight is 387 g/mol. The highest BCUT2D eigenvalue weighted by molar-refractivity contribution is 6.42. The van der Waals surface area contributed by atoms with Crippen LogP contribution in [0.2, 0.25) is 10.0 Å². The van der Waals surface area contributed by atoms with Crippen LogP contribution in [-0.2, 0) is 9.53 Å². The maximum absolute atomic E-state index is 11.8. The van der Waals surface area contributed by atoms with E-state index in [2.05, 4.69) is 9.73 Å². The number of halogens is 2. The lowest BCUT2D eigenvalue weighted by Crippen LogP contribution is -2.31. The molecular formula is C15H12Cl2N2O6. The van der Waals surface area contributed by atoms with Crippen LogP contribution in [0.3, 0.4) is 0 Å². The fourth-order valence-electron chi connectivity index (χ4n) is 1.89. The Morgan fingerprint density at radius 3 is 2.60 bits per heavy atom. The zero-order chi connectivity index (χ0) is 18.6. The zero-order valence-corrected chi connectivity index (χ0v) is 14.3. The molecule has 2 aromatic rings. The smallest absolute Gasteiger partial charge is 0.433 e. The summed E-state index contributed by atoms with van der Waals surface area (Å²) < 4.78 is 9.43. The van der Waals surface area contributed by atoms with Crippen molar-refractivity contribution in [3.05, 3.63) is 61.8 Å². The van der Waals surface area contributed by atoms with Gasteiger partial charge in [-0.2, -0.15) is 0 Å². The van der Waals surface area contributed by atoms with Crippen LogP contribution in [-0.4, -0.2) is 23.4 Å². The summed E-state index contributed by atoms with van der Waals surface area (Å²) in [6.45, 7) is 1.15. The number of ether oxygens (including phenoxy) is 1. The Kier molecular flexibility index (Phi) is 6.00. The molecule has 1 N–H and O–H groups in total. The number of carbonyl (C=O) groups excluding carboxylic acids is 2. The Bertz CT molecular complexity index is 820. The number of furan rings is 1. The van der Waals surface area contributed by atoms with E-state index in [9.17, 15) is 19.7 Å². The maximum atomic E-state index is 11.8. The molecule has 0 radical (unpaired) electrons. The van der Waals surface area contributed by atoms with Crippen LogP contribution in [0.1, 0.15) is 29.1 Å². The number of hydrogen-bond donors (Lipinski definition) is 1. The largest absolute Gasteiger partial charge is 0.450 e. The van der Waals surface area contributed by atoms with E-state index in [1.54, 1.807) is 25.1 Å². The molecule has 0 aliphatic heterocycles. The number of rotatable bonds is 6. The monoisotopic (exact) mass is 386 g/mol. The molecule has 0 aliphatic rings. The van der Waals surface area contributed by atoms with Gasteiger partial charge in [-0.05, 0) is 30.7 Å². The third-order valence-electron chi connectivity index (χ3n) is 3.13. The highest BCUT2D eigenvalue weighted by Crippen LogP contribution is 2.25. The van der Waals surface area contributed by atoms with E-state index in [4.69, 9.17) is 27.9 Å². The van der Waals surface area contributed by atoms with E-state index in [1.807, 2.05) is 0 Å². The van der Waals surface area contributed by atoms with Crippen molar-refractivity contribution in [3.8, 4) is 0 Å². The number of hydrogen-bond acceptors (Lipinski definition) is 6. The topological polar surface area (TPSA) is 112 Å². The Balaban J connectivity index is 1.87. The molecule has 1 atom stereocenters. The third-order valence-corrected chi connectivity index (χ3v) is 3.87. The van der Waals surface area contributed by atoms with E-state index in [0.29, 0.717) is 10.0 Å². The summed E-state index contributed by atoms with van der Waals surface area (Å²) in [6, 6.07) is 6.63. The number of esters is 1. The molecule has 0 saturated heterocycles. The van der Waals surface area contributed by atoms with Gasteiger partial charge in [-0.3, -0.25) is 14.9 Å². The van der Waals surface area contributed by atoms with Gasteiger partial charge in [0, 0.05) is 0 Å². The summed E-state index contributed by atoms with van der Waals surface area (Å²) in [6.07, 6.45) is 0. The molecule has 132 valence electrons. The van der Waals surface area contributed by atoms with Crippen LogP contribution >= 0.6 is 23.2 Å². The van der Waals surface area contributed by atoms with Crippen LogP contribution in [0.15, 0.2) is 34.7 Å². The van der Waals surface area contributed by atoms with Crippen molar-refractivity contribution in [2.75, 3.05) is 6.61 Å². The SMILES string of the molecule is C[C@H](NC(=O)COC(=O)c1ccc([N+](=O)[O-])o1)c1ccc(Cl)c(Cl)c1. The van der Waals surface area contributed by atoms with Gasteiger partial charge in [0.05, 0.1) is 22.2 Å². The van der Waals surface area contributed by atoms with Crippen LogP contribution in [0.4, 0.5) is 5.88 Å². The van der Waals surface area contributed by atoms with Crippen LogP contribution < -0.4 is 5.32 Å². The lowest BCUT2D eigenvalue weighted by Gasteiger charge is -2.15. The molecule has 0 bridgehead atoms. The number of benzene rings is 1. The second-order valence-electron chi connectivity index (χ2n) is 4.93. The predicted octanol–water partition coefficient (Wildman–Crippen LogP) is 3.53. The van der Waals surface area contributed by atoms with Crippen molar-refractivity contribution in [3.63, 3.8) is 0 Å². The fourth-order valence-corrected chi connectivity index (χ4v) is 2.19. The molecule has 0 spiro atoms. The number of nitrogens with zero attached hydrogens (tertiary/aromatic N) is 1. The Morgan fingerprint density at radius 1 is 1.28 bits per heavy atom. The Morgan fingerprint density at radius 2 is 2.00 bits per heavy atom. The van der Waals surface area contributed by atoms with Crippen molar-refractivity contribution in [1.82, 2.24) is 5.32 Å². The van der Waals surface area contributed by atoms with Gasteiger partial charge in [-0.1, -0.05) is 29.3 Å². The lowest BCUT2D eigenvalue weighted by atomic mass is 10.1. The molecule has 0 aliphatic carbocycles. The molecule has 0 fully saturated rings. The number of nitrogens with one attached hydrogen (secondary N) is 1. The van der Waals surface area contributed by atoms with E-state index >= 15 is 0 Å². The van der Waals surface area contributed by atoms with Crippen LogP contribution in [0, 0.1) is 10.1 Å². The molecule has 1 aromatic carbocycles. The van der Waals surface area contributed by atoms with Crippen molar-refractivity contribution < 1.29 is 23.7 Å². The minimum atomic E-state index is -0.981. The summed E-state index contributed by atoms with van der Waals surface area (Å²) in [5.74, 6) is -2.50. The van der Waals surface area contributed by atoms with Gasteiger partial charge in [-0.15, -0.1) is 0 Å². The summed E-state index contributed by atoms with van der Waals surface area (Å²) in [4.78, 5) is 33.2. The Hall–Kier alpha value is -2.58. The fraction of sp³-hybridized carbons (Fsp3) is 0.200. The van der Waals surface area contributed by atoms with Crippen LogP contribution in [0.25, 0.3) is 0 Å². The van der Waals surface area contributed by atoms with Gasteiger partial charge < -0.3 is 14.5 Å². The second-order valence-corrected chi connectivity index (χ2v) is 5.75. The first-order valence-corrected chi connectivity index (χ1v) is 7.69. The van der Waals surface area contributed by atoms with E-state index in [0.717, 1.165) is 17.7 Å². The lowest BCUT2D eigenvalue weighted by molar-refractivity contribution is -0.402. The average Bonchev–Trinajstić information content (AvgIpc) is 3.05. The van der Waals surface area contributed by atoms with Crippen molar-refractivity contribution >= 4 is 41.0 Å². The third kappa shape index (κ3) is 4.94. The van der Waals surface area contributed by atoms with Crippen LogP contribution in [0.5, 0.6) is 0 Å². The number of nitro groups is 1. The van der Waals surface area contributed by atoms with Gasteiger partial charge in [0.2, 0.25) is 5.76 Å². The summed E-state index contributed by atoms with van der Waals surface area (Å²) in [5, 5.41) is 13.8. The van der Waals surface area contributed by atoms with Gasteiger partial charge in [0.25, 0.3) is 5.91 Å². The maximum Gasteiger partial charge on any atom is 0.433 e. The Labute approximate surface area is 151 Å². The summed E-state index contributed by atoms with van der Waals surface area (Å²) >= 11 is 11.7. The first kappa shape index (κ1) is 18.8. The molecule has 8 nitrogen and oxygen atoms in total. The minimum Gasteiger partial charge on any atom is -0.450 e. The first-order valence-electron chi connectivity index (χ1n) is 6.93. The first-order chi connectivity index (χ1) is 11.8. The molecule has 1 heterocycles. The van der Waals surface area contributed by atoms with Gasteiger partial charge >= 0.3 is 11.9 Å². The quantitative estimate of drug-likeness (QED) is 0.461. The standard InChI is InChI=1S/C15H12Cl2N2O6/c1-8(9-2-3-10(16)11(17)6-9)18-13(20)7-24-15(21)12-4-5-14(25-12)19(22)23/h2-6,8H,7H2,1H3,(H,18,20)/t8-/m0/s1. The van der Waals surface area contributed by atoms with Gasteiger partial charge in [0.15, 0.2) is 6.61 Å². The molecule has 1 amide bonds. The minimum absolute atomic E-state index is 0.353. The summed E-state index contributed by atoms with van der Waals surface area (Å²) in [5.41, 5.74) is 0.718. The molecule has 1 aromatic heterocycles. The second kappa shape index (κ2) is 8.00. The van der Waals surface area contributed by atoms with Crippen molar-refractivity contribution in [2.45, 2.75) is 13.0 Å². The highest BCUT2D eigenvalue weighted by atomic mass is 35.5. The van der Waals surface area contributed by atoms with E-state index in [-0.39, 0.29) is 5.76 Å². The molecular weight excluding hydrogens is 375 g/mol. The predicted molar refractivity (Wildman–Crippen MR) is 88.7 cm³/mol. The van der Waals surface area contributed by atoms with Crippen molar-refractivity contribution in [1.29, 1.82) is 0 Å². The van der Waals surface area contributed by atoms with Crippen molar-refractivity contribution in [2.24, 2.45) is 0 Å². The van der Waals surface area contributed by atoms with Gasteiger partial charge in [-0.25, -0.2) is 4.79 Å². The van der Waals surface area contributed by atoms with Gasteiger partial charge in [0.1, 0.15) is 4.92 Å². The van der Waals surface area contributed by atoms with E-state index < -0.39 is 35.3 Å². The molecule has 10 heteroatoms. The number of amides is 1. The molecule has 2 rings (SSSR count). The summed E-state index contributed by atoms with van der Waals surface area (Å²) in [7, 11) is 0. The molecule has 0 unspecified atom stereocenters. The van der Waals surface area contributed by atoms with E-state index in [1.165, 1.54) is 0 Å². The highest BCUT2D eigenvalue weighted by Gasteiger charge is 2.20. The zero-order valence-electron chi connectivity index (χ0n) is 12.8. The molecule has 25 heavy (non-hydrogen) atoms.